The minimum atomic E-state index is -0.801. The van der Waals surface area contributed by atoms with Crippen LogP contribution in [-0.4, -0.2) is 34.1 Å². The standard InChI is InChI=1S/C12H12N2O3S2/c1-17-9-4-2-3-8(7-9)11-13-14-12(19-11)18-6-5-10(15)16/h2-4,7H,5-6H2,1H3,(H,15,16). The van der Waals surface area contributed by atoms with Gasteiger partial charge in [0, 0.05) is 11.3 Å². The number of carbonyl (C=O) groups is 1. The third-order valence-corrected chi connectivity index (χ3v) is 4.37. The van der Waals surface area contributed by atoms with Crippen LogP contribution in [0.25, 0.3) is 10.6 Å². The molecule has 19 heavy (non-hydrogen) atoms. The molecule has 0 spiro atoms. The average molecular weight is 296 g/mol. The van der Waals surface area contributed by atoms with Crippen molar-refractivity contribution in [1.29, 1.82) is 0 Å². The molecule has 2 aromatic rings. The van der Waals surface area contributed by atoms with Gasteiger partial charge in [0.2, 0.25) is 0 Å². The molecule has 2 rings (SSSR count). The van der Waals surface area contributed by atoms with E-state index in [9.17, 15) is 4.79 Å². The van der Waals surface area contributed by atoms with Gasteiger partial charge in [-0.2, -0.15) is 0 Å². The maximum atomic E-state index is 10.4. The maximum absolute atomic E-state index is 10.4. The number of benzene rings is 1. The molecule has 0 aliphatic heterocycles. The van der Waals surface area contributed by atoms with E-state index in [2.05, 4.69) is 10.2 Å². The van der Waals surface area contributed by atoms with Gasteiger partial charge in [-0.15, -0.1) is 10.2 Å². The smallest absolute Gasteiger partial charge is 0.304 e. The molecule has 0 radical (unpaired) electrons. The Bertz CT molecular complexity index is 572. The number of ether oxygens (including phenoxy) is 1. The summed E-state index contributed by atoms with van der Waals surface area (Å²) < 4.78 is 5.94. The fourth-order valence-corrected chi connectivity index (χ4v) is 3.21. The molecular formula is C12H12N2O3S2. The van der Waals surface area contributed by atoms with E-state index in [1.54, 1.807) is 7.11 Å². The summed E-state index contributed by atoms with van der Waals surface area (Å²) in [5.41, 5.74) is 0.946. The summed E-state index contributed by atoms with van der Waals surface area (Å²) in [7, 11) is 1.62. The van der Waals surface area contributed by atoms with Crippen molar-refractivity contribution in [3.05, 3.63) is 24.3 Å². The molecule has 100 valence electrons. The van der Waals surface area contributed by atoms with E-state index in [0.29, 0.717) is 5.75 Å². The second-order valence-electron chi connectivity index (χ2n) is 3.60. The van der Waals surface area contributed by atoms with Gasteiger partial charge in [-0.25, -0.2) is 0 Å². The van der Waals surface area contributed by atoms with Crippen molar-refractivity contribution in [1.82, 2.24) is 10.2 Å². The van der Waals surface area contributed by atoms with Gasteiger partial charge in [-0.05, 0) is 12.1 Å². The van der Waals surface area contributed by atoms with E-state index in [-0.39, 0.29) is 6.42 Å². The monoisotopic (exact) mass is 296 g/mol. The quantitative estimate of drug-likeness (QED) is 0.826. The summed E-state index contributed by atoms with van der Waals surface area (Å²) in [5.74, 6) is 0.472. The fraction of sp³-hybridized carbons (Fsp3) is 0.250. The highest BCUT2D eigenvalue weighted by atomic mass is 32.2. The number of hydrogen-bond acceptors (Lipinski definition) is 6. The molecule has 1 aromatic carbocycles. The summed E-state index contributed by atoms with van der Waals surface area (Å²) in [5, 5.41) is 17.5. The third-order valence-electron chi connectivity index (χ3n) is 2.26. The Morgan fingerprint density at radius 3 is 3.05 bits per heavy atom. The molecule has 0 bridgehead atoms. The number of thioether (sulfide) groups is 1. The number of hydrogen-bond donors (Lipinski definition) is 1. The molecule has 7 heteroatoms. The molecule has 0 saturated heterocycles. The van der Waals surface area contributed by atoms with Crippen LogP contribution in [0.5, 0.6) is 5.75 Å². The molecule has 0 aliphatic rings. The lowest BCUT2D eigenvalue weighted by molar-refractivity contribution is -0.136. The Hall–Kier alpha value is -1.60. The number of carboxylic acid groups (broad SMARTS) is 1. The average Bonchev–Trinajstić information content (AvgIpc) is 2.87. The van der Waals surface area contributed by atoms with Gasteiger partial charge in [0.05, 0.1) is 13.5 Å². The zero-order valence-corrected chi connectivity index (χ0v) is 11.8. The van der Waals surface area contributed by atoms with Gasteiger partial charge in [-0.1, -0.05) is 35.2 Å². The van der Waals surface area contributed by atoms with Crippen LogP contribution in [-0.2, 0) is 4.79 Å². The Balaban J connectivity index is 2.05. The summed E-state index contributed by atoms with van der Waals surface area (Å²) in [4.78, 5) is 10.4. The van der Waals surface area contributed by atoms with Crippen molar-refractivity contribution in [2.75, 3.05) is 12.9 Å². The van der Waals surface area contributed by atoms with Gasteiger partial charge in [-0.3, -0.25) is 4.79 Å². The molecule has 5 nitrogen and oxygen atoms in total. The van der Waals surface area contributed by atoms with Gasteiger partial charge in [0.25, 0.3) is 0 Å². The first-order valence-corrected chi connectivity index (χ1v) is 7.32. The van der Waals surface area contributed by atoms with Crippen LogP contribution in [0.15, 0.2) is 28.6 Å². The predicted octanol–water partition coefficient (Wildman–Crippen LogP) is 2.78. The fourth-order valence-electron chi connectivity index (χ4n) is 1.37. The molecule has 1 N–H and O–H groups in total. The summed E-state index contributed by atoms with van der Waals surface area (Å²) >= 11 is 2.86. The van der Waals surface area contributed by atoms with Crippen LogP contribution in [0.1, 0.15) is 6.42 Å². The highest BCUT2D eigenvalue weighted by Crippen LogP contribution is 2.31. The third kappa shape index (κ3) is 3.93. The van der Waals surface area contributed by atoms with Crippen LogP contribution < -0.4 is 4.74 Å². The van der Waals surface area contributed by atoms with E-state index in [1.165, 1.54) is 23.1 Å². The van der Waals surface area contributed by atoms with Crippen LogP contribution in [0.4, 0.5) is 0 Å². The Morgan fingerprint density at radius 2 is 2.32 bits per heavy atom. The highest BCUT2D eigenvalue weighted by Gasteiger charge is 2.08. The van der Waals surface area contributed by atoms with E-state index in [1.807, 2.05) is 24.3 Å². The second-order valence-corrected chi connectivity index (χ2v) is 5.92. The van der Waals surface area contributed by atoms with Crippen molar-refractivity contribution in [2.45, 2.75) is 10.8 Å². The lowest BCUT2D eigenvalue weighted by Gasteiger charge is -2.00. The molecule has 0 atom stereocenters. The van der Waals surface area contributed by atoms with Gasteiger partial charge < -0.3 is 9.84 Å². The molecule has 1 aromatic heterocycles. The molecule has 0 aliphatic carbocycles. The number of carboxylic acids is 1. The normalized spacial score (nSPS) is 10.4. The van der Waals surface area contributed by atoms with E-state index < -0.39 is 5.97 Å². The number of rotatable bonds is 6. The molecule has 1 heterocycles. The molecular weight excluding hydrogens is 284 g/mol. The van der Waals surface area contributed by atoms with Crippen molar-refractivity contribution in [3.63, 3.8) is 0 Å². The van der Waals surface area contributed by atoms with E-state index in [0.717, 1.165) is 20.7 Å². The zero-order valence-electron chi connectivity index (χ0n) is 10.2. The number of nitrogens with zero attached hydrogens (tertiary/aromatic N) is 2. The largest absolute Gasteiger partial charge is 0.497 e. The lowest BCUT2D eigenvalue weighted by Crippen LogP contribution is -1.95. The molecule has 0 saturated carbocycles. The number of aliphatic carboxylic acids is 1. The molecule has 0 unspecified atom stereocenters. The number of methoxy groups -OCH3 is 1. The van der Waals surface area contributed by atoms with Crippen molar-refractivity contribution >= 4 is 29.1 Å². The number of aromatic nitrogens is 2. The van der Waals surface area contributed by atoms with Crippen LogP contribution in [0.3, 0.4) is 0 Å². The maximum Gasteiger partial charge on any atom is 0.304 e. The van der Waals surface area contributed by atoms with Gasteiger partial charge in [0.15, 0.2) is 4.34 Å². The summed E-state index contributed by atoms with van der Waals surface area (Å²) in [6.45, 7) is 0. The predicted molar refractivity (Wildman–Crippen MR) is 74.9 cm³/mol. The van der Waals surface area contributed by atoms with Crippen LogP contribution in [0.2, 0.25) is 0 Å². The SMILES string of the molecule is COc1cccc(-c2nnc(SCCC(=O)O)s2)c1. The summed E-state index contributed by atoms with van der Waals surface area (Å²) in [6.07, 6.45) is 0.124. The van der Waals surface area contributed by atoms with Crippen LogP contribution in [0, 0.1) is 0 Å². The van der Waals surface area contributed by atoms with Gasteiger partial charge in [0.1, 0.15) is 10.8 Å². The summed E-state index contributed by atoms with van der Waals surface area (Å²) in [6, 6.07) is 7.60. The van der Waals surface area contributed by atoms with Crippen molar-refractivity contribution in [3.8, 4) is 16.3 Å². The lowest BCUT2D eigenvalue weighted by atomic mass is 10.2. The van der Waals surface area contributed by atoms with Crippen molar-refractivity contribution in [2.24, 2.45) is 0 Å². The second kappa shape index (κ2) is 6.53. The first kappa shape index (κ1) is 13.8. The van der Waals surface area contributed by atoms with Crippen molar-refractivity contribution < 1.29 is 14.6 Å². The first-order chi connectivity index (χ1) is 9.19. The topological polar surface area (TPSA) is 72.3 Å². The Labute approximate surface area is 118 Å². The Kier molecular flexibility index (Phi) is 4.75. The zero-order chi connectivity index (χ0) is 13.7. The van der Waals surface area contributed by atoms with Gasteiger partial charge >= 0.3 is 5.97 Å². The highest BCUT2D eigenvalue weighted by molar-refractivity contribution is 8.01. The minimum absolute atomic E-state index is 0.124. The van der Waals surface area contributed by atoms with E-state index >= 15 is 0 Å². The van der Waals surface area contributed by atoms with E-state index in [4.69, 9.17) is 9.84 Å². The minimum Gasteiger partial charge on any atom is -0.497 e. The Morgan fingerprint density at radius 1 is 1.47 bits per heavy atom. The molecule has 0 fully saturated rings. The first-order valence-electron chi connectivity index (χ1n) is 5.51. The van der Waals surface area contributed by atoms with Crippen LogP contribution >= 0.6 is 23.1 Å². The molecule has 0 amide bonds.